The smallest absolute Gasteiger partial charge is 0.416 e. The molecule has 10 heteroatoms. The van der Waals surface area contributed by atoms with E-state index in [1.54, 1.807) is 24.3 Å². The highest BCUT2D eigenvalue weighted by atomic mass is 32.2. The zero-order valence-corrected chi connectivity index (χ0v) is 20.4. The Morgan fingerprint density at radius 1 is 0.946 bits per heavy atom. The quantitative estimate of drug-likeness (QED) is 0.312. The number of rotatable bonds is 8. The number of fused-ring (bicyclic) bond motifs is 1. The summed E-state index contributed by atoms with van der Waals surface area (Å²) in [7, 11) is -2.51. The lowest BCUT2D eigenvalue weighted by Gasteiger charge is -2.20. The first-order chi connectivity index (χ1) is 17.5. The SMILES string of the molecule is CN(Cc1ccc(OCC(=O)O)c(-c2cccc(C(F)(F)F)c2)c1)S(=O)(=O)c1cccc2ccccc12. The Morgan fingerprint density at radius 2 is 1.65 bits per heavy atom. The van der Waals surface area contributed by atoms with Crippen LogP contribution in [0.1, 0.15) is 11.1 Å². The molecule has 192 valence electrons. The average molecular weight is 530 g/mol. The zero-order valence-electron chi connectivity index (χ0n) is 19.6. The molecule has 0 saturated carbocycles. The highest BCUT2D eigenvalue weighted by Crippen LogP contribution is 2.36. The highest BCUT2D eigenvalue weighted by Gasteiger charge is 2.31. The van der Waals surface area contributed by atoms with Crippen LogP contribution in [-0.4, -0.2) is 37.5 Å². The van der Waals surface area contributed by atoms with Gasteiger partial charge in [-0.15, -0.1) is 0 Å². The number of nitrogens with zero attached hydrogens (tertiary/aromatic N) is 1. The number of carbonyl (C=O) groups is 1. The number of halogens is 3. The van der Waals surface area contributed by atoms with Crippen LogP contribution in [0.2, 0.25) is 0 Å². The van der Waals surface area contributed by atoms with Crippen molar-refractivity contribution < 1.29 is 36.2 Å². The number of ether oxygens (including phenoxy) is 1. The highest BCUT2D eigenvalue weighted by molar-refractivity contribution is 7.89. The van der Waals surface area contributed by atoms with Gasteiger partial charge in [0.25, 0.3) is 0 Å². The maximum atomic E-state index is 13.4. The molecular formula is C27H22F3NO5S. The molecular weight excluding hydrogens is 507 g/mol. The van der Waals surface area contributed by atoms with Gasteiger partial charge in [0.15, 0.2) is 6.61 Å². The summed E-state index contributed by atoms with van der Waals surface area (Å²) in [5, 5.41) is 10.3. The van der Waals surface area contributed by atoms with Crippen molar-refractivity contribution >= 4 is 26.8 Å². The van der Waals surface area contributed by atoms with E-state index < -0.39 is 34.3 Å². The molecule has 0 heterocycles. The topological polar surface area (TPSA) is 83.9 Å². The van der Waals surface area contributed by atoms with Crippen LogP contribution in [0.5, 0.6) is 5.75 Å². The van der Waals surface area contributed by atoms with E-state index in [0.29, 0.717) is 10.9 Å². The van der Waals surface area contributed by atoms with E-state index in [2.05, 4.69) is 0 Å². The van der Waals surface area contributed by atoms with Gasteiger partial charge >= 0.3 is 12.1 Å². The molecule has 1 N–H and O–H groups in total. The third-order valence-corrected chi connectivity index (χ3v) is 7.60. The molecule has 0 radical (unpaired) electrons. The molecule has 0 amide bonds. The van der Waals surface area contributed by atoms with Crippen LogP contribution >= 0.6 is 0 Å². The van der Waals surface area contributed by atoms with Crippen molar-refractivity contribution in [3.8, 4) is 16.9 Å². The van der Waals surface area contributed by atoms with Gasteiger partial charge < -0.3 is 9.84 Å². The maximum absolute atomic E-state index is 13.4. The number of alkyl halides is 3. The molecule has 4 rings (SSSR count). The second-order valence-corrected chi connectivity index (χ2v) is 10.3. The van der Waals surface area contributed by atoms with E-state index in [1.165, 1.54) is 37.4 Å². The molecule has 0 atom stereocenters. The van der Waals surface area contributed by atoms with Crippen LogP contribution in [0.25, 0.3) is 21.9 Å². The van der Waals surface area contributed by atoms with Crippen LogP contribution in [-0.2, 0) is 27.5 Å². The molecule has 4 aromatic rings. The van der Waals surface area contributed by atoms with Crippen LogP contribution in [0.3, 0.4) is 0 Å². The van der Waals surface area contributed by atoms with Gasteiger partial charge in [0.1, 0.15) is 5.75 Å². The molecule has 0 aromatic heterocycles. The number of carboxylic acids is 1. The molecule has 4 aromatic carbocycles. The van der Waals surface area contributed by atoms with Crippen molar-refractivity contribution in [2.75, 3.05) is 13.7 Å². The summed E-state index contributed by atoms with van der Waals surface area (Å²) in [6.45, 7) is -0.780. The Bertz CT molecular complexity index is 1560. The second kappa shape index (κ2) is 10.2. The summed E-state index contributed by atoms with van der Waals surface area (Å²) >= 11 is 0. The van der Waals surface area contributed by atoms with E-state index in [4.69, 9.17) is 9.84 Å². The first-order valence-electron chi connectivity index (χ1n) is 11.1. The Balaban J connectivity index is 1.72. The number of aliphatic carboxylic acids is 1. The predicted molar refractivity (Wildman–Crippen MR) is 133 cm³/mol. The van der Waals surface area contributed by atoms with E-state index in [0.717, 1.165) is 21.8 Å². The van der Waals surface area contributed by atoms with Gasteiger partial charge in [0.05, 0.1) is 10.5 Å². The Hall–Kier alpha value is -3.89. The fourth-order valence-corrected chi connectivity index (χ4v) is 5.33. The van der Waals surface area contributed by atoms with Gasteiger partial charge in [0, 0.05) is 24.5 Å². The molecule has 0 fully saturated rings. The van der Waals surface area contributed by atoms with Crippen LogP contribution in [0.4, 0.5) is 13.2 Å². The third-order valence-electron chi connectivity index (χ3n) is 5.74. The molecule has 0 aliphatic rings. The molecule has 37 heavy (non-hydrogen) atoms. The summed E-state index contributed by atoms with van der Waals surface area (Å²) in [5.74, 6) is -1.19. The Morgan fingerprint density at radius 3 is 2.38 bits per heavy atom. The number of sulfonamides is 1. The fraction of sp³-hybridized carbons (Fsp3) is 0.148. The maximum Gasteiger partial charge on any atom is 0.416 e. The van der Waals surface area contributed by atoms with Crippen molar-refractivity contribution in [2.45, 2.75) is 17.6 Å². The molecule has 0 saturated heterocycles. The van der Waals surface area contributed by atoms with Crippen LogP contribution in [0, 0.1) is 0 Å². The van der Waals surface area contributed by atoms with Gasteiger partial charge in [-0.25, -0.2) is 13.2 Å². The lowest BCUT2D eigenvalue weighted by atomic mass is 9.99. The van der Waals surface area contributed by atoms with Crippen molar-refractivity contribution in [2.24, 2.45) is 0 Å². The standard InChI is InChI=1S/C27H22F3NO5S/c1-31(37(34,35)25-11-5-7-19-6-2-3-10-22(19)25)16-18-12-13-24(36-17-26(32)33)23(14-18)20-8-4-9-21(15-20)27(28,29)30/h2-15H,16-17H2,1H3,(H,32,33). The van der Waals surface area contributed by atoms with E-state index in [9.17, 15) is 26.4 Å². The van der Waals surface area contributed by atoms with Crippen molar-refractivity contribution in [3.63, 3.8) is 0 Å². The monoisotopic (exact) mass is 529 g/mol. The van der Waals surface area contributed by atoms with Crippen molar-refractivity contribution in [1.82, 2.24) is 4.31 Å². The van der Waals surface area contributed by atoms with E-state index in [1.807, 2.05) is 18.2 Å². The first-order valence-corrected chi connectivity index (χ1v) is 12.5. The third kappa shape index (κ3) is 5.76. The van der Waals surface area contributed by atoms with Gasteiger partial charge in [-0.1, -0.05) is 54.6 Å². The minimum Gasteiger partial charge on any atom is -0.481 e. The Labute approximate surface area is 211 Å². The summed E-state index contributed by atoms with van der Waals surface area (Å²) in [6, 6.07) is 21.1. The summed E-state index contributed by atoms with van der Waals surface area (Å²) in [5.41, 5.74) is -0.0472. The van der Waals surface area contributed by atoms with Gasteiger partial charge in [-0.3, -0.25) is 0 Å². The molecule has 0 bridgehead atoms. The average Bonchev–Trinajstić information content (AvgIpc) is 2.87. The number of hydrogen-bond donors (Lipinski definition) is 1. The lowest BCUT2D eigenvalue weighted by molar-refractivity contribution is -0.139. The predicted octanol–water partition coefficient (Wildman–Crippen LogP) is 5.81. The minimum atomic E-state index is -4.58. The molecule has 6 nitrogen and oxygen atoms in total. The molecule has 0 aliphatic heterocycles. The van der Waals surface area contributed by atoms with E-state index in [-0.39, 0.29) is 28.3 Å². The Kier molecular flexibility index (Phi) is 7.24. The molecule has 0 aliphatic carbocycles. The molecule has 0 spiro atoms. The van der Waals surface area contributed by atoms with E-state index >= 15 is 0 Å². The summed E-state index contributed by atoms with van der Waals surface area (Å²) in [6.07, 6.45) is -4.58. The number of hydrogen-bond acceptors (Lipinski definition) is 4. The van der Waals surface area contributed by atoms with Crippen LogP contribution < -0.4 is 4.74 Å². The van der Waals surface area contributed by atoms with Crippen LogP contribution in [0.15, 0.2) is 89.8 Å². The molecule has 0 unspecified atom stereocenters. The second-order valence-electron chi connectivity index (χ2n) is 8.33. The lowest BCUT2D eigenvalue weighted by Crippen LogP contribution is -2.26. The van der Waals surface area contributed by atoms with Gasteiger partial charge in [0.2, 0.25) is 10.0 Å². The summed E-state index contributed by atoms with van der Waals surface area (Å²) in [4.78, 5) is 11.1. The number of carboxylic acid groups (broad SMARTS) is 1. The number of benzene rings is 4. The first kappa shape index (κ1) is 26.2. The van der Waals surface area contributed by atoms with Crippen molar-refractivity contribution in [1.29, 1.82) is 0 Å². The normalized spacial score (nSPS) is 12.1. The van der Waals surface area contributed by atoms with Crippen molar-refractivity contribution in [3.05, 3.63) is 96.1 Å². The minimum absolute atomic E-state index is 0.0602. The van der Waals surface area contributed by atoms with Gasteiger partial charge in [-0.05, 0) is 46.8 Å². The van der Waals surface area contributed by atoms with Gasteiger partial charge in [-0.2, -0.15) is 17.5 Å². The fourth-order valence-electron chi connectivity index (χ4n) is 3.96. The summed E-state index contributed by atoms with van der Waals surface area (Å²) < 4.78 is 73.2. The zero-order chi connectivity index (χ0) is 26.8. The largest absolute Gasteiger partial charge is 0.481 e.